The highest BCUT2D eigenvalue weighted by molar-refractivity contribution is 7.91. The zero-order chi connectivity index (χ0) is 16.4. The van der Waals surface area contributed by atoms with Gasteiger partial charge in [-0.2, -0.15) is 0 Å². The molecular weight excluding hydrogens is 314 g/mol. The van der Waals surface area contributed by atoms with Crippen LogP contribution in [0, 0.1) is 6.92 Å². The van der Waals surface area contributed by atoms with Crippen LogP contribution in [-0.2, 0) is 22.9 Å². The number of hydrogen-bond acceptors (Lipinski definition) is 5. The van der Waals surface area contributed by atoms with Gasteiger partial charge in [-0.05, 0) is 24.6 Å². The first-order valence-corrected chi connectivity index (χ1v) is 9.45. The summed E-state index contributed by atoms with van der Waals surface area (Å²) in [5.41, 5.74) is 2.24. The molecule has 1 aliphatic heterocycles. The van der Waals surface area contributed by atoms with Gasteiger partial charge in [-0.25, -0.2) is 8.42 Å². The summed E-state index contributed by atoms with van der Waals surface area (Å²) in [4.78, 5) is 1.99. The van der Waals surface area contributed by atoms with Gasteiger partial charge in [0, 0.05) is 6.54 Å². The molecule has 0 bridgehead atoms. The van der Waals surface area contributed by atoms with Crippen LogP contribution in [0.15, 0.2) is 47.1 Å². The lowest BCUT2D eigenvalue weighted by molar-refractivity contribution is 0.0686. The van der Waals surface area contributed by atoms with E-state index in [9.17, 15) is 13.5 Å². The average molecular weight is 335 g/mol. The van der Waals surface area contributed by atoms with Crippen LogP contribution in [-0.4, -0.2) is 42.1 Å². The van der Waals surface area contributed by atoms with Crippen molar-refractivity contribution >= 4 is 9.84 Å². The molecule has 0 spiro atoms. The number of hydrogen-bond donors (Lipinski definition) is 1. The summed E-state index contributed by atoms with van der Waals surface area (Å²) in [5, 5.41) is 10.2. The molecule has 2 unspecified atom stereocenters. The van der Waals surface area contributed by atoms with Crippen LogP contribution in [0.4, 0.5) is 0 Å². The normalized spacial score (nSPS) is 23.4. The molecule has 2 atom stereocenters. The summed E-state index contributed by atoms with van der Waals surface area (Å²) in [6.45, 7) is 3.06. The minimum Gasteiger partial charge on any atom is -0.468 e. The lowest BCUT2D eigenvalue weighted by Crippen LogP contribution is -2.42. The Kier molecular flexibility index (Phi) is 4.57. The van der Waals surface area contributed by atoms with E-state index >= 15 is 0 Å². The molecule has 6 heteroatoms. The summed E-state index contributed by atoms with van der Waals surface area (Å²) in [7, 11) is -3.19. The molecule has 0 saturated carbocycles. The number of aliphatic hydroxyl groups excluding tert-OH is 1. The van der Waals surface area contributed by atoms with E-state index < -0.39 is 22.0 Å². The number of benzene rings is 1. The van der Waals surface area contributed by atoms with E-state index in [4.69, 9.17) is 4.42 Å². The van der Waals surface area contributed by atoms with Crippen LogP contribution < -0.4 is 0 Å². The van der Waals surface area contributed by atoms with Gasteiger partial charge in [0.25, 0.3) is 0 Å². The second-order valence-corrected chi connectivity index (χ2v) is 8.34. The molecule has 1 saturated heterocycles. The molecule has 23 heavy (non-hydrogen) atoms. The maximum absolute atomic E-state index is 11.9. The Morgan fingerprint density at radius 2 is 2.04 bits per heavy atom. The van der Waals surface area contributed by atoms with Gasteiger partial charge >= 0.3 is 0 Å². The van der Waals surface area contributed by atoms with Gasteiger partial charge in [0.1, 0.15) is 5.76 Å². The second kappa shape index (κ2) is 6.47. The van der Waals surface area contributed by atoms with Crippen molar-refractivity contribution in [1.82, 2.24) is 4.90 Å². The predicted molar refractivity (Wildman–Crippen MR) is 87.6 cm³/mol. The summed E-state index contributed by atoms with van der Waals surface area (Å²) in [5.74, 6) is 0.579. The molecule has 2 aromatic rings. The minimum absolute atomic E-state index is 0.0132. The highest BCUT2D eigenvalue weighted by atomic mass is 32.2. The summed E-state index contributed by atoms with van der Waals surface area (Å²) in [6.07, 6.45) is 0.738. The van der Waals surface area contributed by atoms with E-state index in [1.54, 1.807) is 6.26 Å². The van der Waals surface area contributed by atoms with E-state index in [1.165, 1.54) is 0 Å². The van der Waals surface area contributed by atoms with Gasteiger partial charge < -0.3 is 9.52 Å². The van der Waals surface area contributed by atoms with E-state index in [0.29, 0.717) is 13.1 Å². The SMILES string of the molecule is Cc1cccc(CN(Cc2ccco2)C2CS(=O)(=O)CC2O)c1. The van der Waals surface area contributed by atoms with Gasteiger partial charge in [0.05, 0.1) is 36.5 Å². The number of rotatable bonds is 5. The molecule has 0 aliphatic carbocycles. The highest BCUT2D eigenvalue weighted by Crippen LogP contribution is 2.23. The zero-order valence-electron chi connectivity index (χ0n) is 13.1. The van der Waals surface area contributed by atoms with Crippen LogP contribution in [0.2, 0.25) is 0 Å². The second-order valence-electron chi connectivity index (χ2n) is 6.18. The van der Waals surface area contributed by atoms with E-state index in [2.05, 4.69) is 6.07 Å². The summed E-state index contributed by atoms with van der Waals surface area (Å²) < 4.78 is 29.1. The average Bonchev–Trinajstić information content (AvgIpc) is 3.05. The number of aliphatic hydroxyl groups is 1. The van der Waals surface area contributed by atoms with Crippen LogP contribution >= 0.6 is 0 Å². The molecule has 5 nitrogen and oxygen atoms in total. The predicted octanol–water partition coefficient (Wildman–Crippen LogP) is 1.75. The molecule has 3 rings (SSSR count). The molecule has 1 aromatic heterocycles. The Morgan fingerprint density at radius 3 is 2.65 bits per heavy atom. The summed E-state index contributed by atoms with van der Waals surface area (Å²) in [6, 6.07) is 11.3. The summed E-state index contributed by atoms with van der Waals surface area (Å²) >= 11 is 0. The van der Waals surface area contributed by atoms with Crippen molar-refractivity contribution in [2.75, 3.05) is 11.5 Å². The molecule has 1 N–H and O–H groups in total. The van der Waals surface area contributed by atoms with Crippen LogP contribution in [0.3, 0.4) is 0 Å². The third-order valence-corrected chi connectivity index (χ3v) is 5.87. The first-order valence-electron chi connectivity index (χ1n) is 7.63. The number of aryl methyl sites for hydroxylation is 1. The zero-order valence-corrected chi connectivity index (χ0v) is 13.9. The van der Waals surface area contributed by atoms with Gasteiger partial charge in [0.15, 0.2) is 9.84 Å². The molecule has 124 valence electrons. The molecule has 0 radical (unpaired) electrons. The maximum atomic E-state index is 11.9. The Labute approximate surface area is 136 Å². The topological polar surface area (TPSA) is 70.8 Å². The third-order valence-electron chi connectivity index (χ3n) is 4.17. The standard InChI is InChI=1S/C17H21NO4S/c1-13-4-2-5-14(8-13)9-18(10-15-6-3-7-22-15)16-11-23(20,21)12-17(16)19/h2-8,16-17,19H,9-12H2,1H3. The van der Waals surface area contributed by atoms with Crippen molar-refractivity contribution in [2.24, 2.45) is 0 Å². The Morgan fingerprint density at radius 1 is 1.22 bits per heavy atom. The molecule has 0 amide bonds. The van der Waals surface area contributed by atoms with E-state index in [0.717, 1.165) is 16.9 Å². The monoisotopic (exact) mass is 335 g/mol. The van der Waals surface area contributed by atoms with E-state index in [1.807, 2.05) is 42.2 Å². The van der Waals surface area contributed by atoms with Crippen molar-refractivity contribution in [3.63, 3.8) is 0 Å². The fourth-order valence-electron chi connectivity index (χ4n) is 3.10. The molecule has 1 aromatic carbocycles. The quantitative estimate of drug-likeness (QED) is 0.901. The Bertz CT molecular complexity index is 755. The number of nitrogens with zero attached hydrogens (tertiary/aromatic N) is 1. The fourth-order valence-corrected chi connectivity index (χ4v) is 4.93. The van der Waals surface area contributed by atoms with Gasteiger partial charge in [0.2, 0.25) is 0 Å². The number of sulfone groups is 1. The number of furan rings is 1. The van der Waals surface area contributed by atoms with Crippen LogP contribution in [0.25, 0.3) is 0 Å². The van der Waals surface area contributed by atoms with Crippen molar-refractivity contribution in [3.05, 3.63) is 59.5 Å². The lowest BCUT2D eigenvalue weighted by atomic mass is 10.1. The fraction of sp³-hybridized carbons (Fsp3) is 0.412. The van der Waals surface area contributed by atoms with Crippen molar-refractivity contribution in [1.29, 1.82) is 0 Å². The van der Waals surface area contributed by atoms with Crippen LogP contribution in [0.5, 0.6) is 0 Å². The minimum atomic E-state index is -3.19. The molecule has 1 fully saturated rings. The Hall–Kier alpha value is -1.63. The molecule has 2 heterocycles. The van der Waals surface area contributed by atoms with Crippen molar-refractivity contribution < 1.29 is 17.9 Å². The van der Waals surface area contributed by atoms with Crippen molar-refractivity contribution in [3.8, 4) is 0 Å². The third kappa shape index (κ3) is 4.02. The smallest absolute Gasteiger partial charge is 0.154 e. The lowest BCUT2D eigenvalue weighted by Gasteiger charge is -2.29. The van der Waals surface area contributed by atoms with Gasteiger partial charge in [-0.15, -0.1) is 0 Å². The molecule has 1 aliphatic rings. The largest absolute Gasteiger partial charge is 0.468 e. The first-order chi connectivity index (χ1) is 10.9. The van der Waals surface area contributed by atoms with Crippen molar-refractivity contribution in [2.45, 2.75) is 32.2 Å². The van der Waals surface area contributed by atoms with Gasteiger partial charge in [-0.1, -0.05) is 29.8 Å². The molecular formula is C17H21NO4S. The maximum Gasteiger partial charge on any atom is 0.154 e. The van der Waals surface area contributed by atoms with E-state index in [-0.39, 0.29) is 11.5 Å². The Balaban J connectivity index is 1.84. The van der Waals surface area contributed by atoms with Gasteiger partial charge in [-0.3, -0.25) is 4.90 Å². The van der Waals surface area contributed by atoms with Crippen LogP contribution in [0.1, 0.15) is 16.9 Å². The first kappa shape index (κ1) is 16.2. The highest BCUT2D eigenvalue weighted by Gasteiger charge is 2.40.